The molecule has 1 fully saturated rings. The number of benzene rings is 1. The second-order valence-corrected chi connectivity index (χ2v) is 8.34. The third-order valence-corrected chi connectivity index (χ3v) is 6.56. The Hall–Kier alpha value is -2.51. The first-order valence-electron chi connectivity index (χ1n) is 9.57. The van der Waals surface area contributed by atoms with Crippen molar-refractivity contribution in [2.24, 2.45) is 7.05 Å². The van der Waals surface area contributed by atoms with Gasteiger partial charge in [-0.05, 0) is 44.0 Å². The van der Waals surface area contributed by atoms with Crippen LogP contribution in [0.3, 0.4) is 0 Å². The summed E-state index contributed by atoms with van der Waals surface area (Å²) in [5, 5.41) is 3.74. The third-order valence-electron chi connectivity index (χ3n) is 5.36. The summed E-state index contributed by atoms with van der Waals surface area (Å²) in [7, 11) is 1.67. The van der Waals surface area contributed by atoms with Crippen LogP contribution in [-0.4, -0.2) is 40.0 Å². The van der Waals surface area contributed by atoms with Crippen LogP contribution >= 0.6 is 11.3 Å². The van der Waals surface area contributed by atoms with E-state index < -0.39 is 0 Å². The summed E-state index contributed by atoms with van der Waals surface area (Å²) >= 11 is 1.28. The Morgan fingerprint density at radius 3 is 2.68 bits per heavy atom. The lowest BCUT2D eigenvalue weighted by Gasteiger charge is -2.25. The predicted molar refractivity (Wildman–Crippen MR) is 112 cm³/mol. The molecule has 1 atom stereocenters. The molecule has 7 heteroatoms. The lowest BCUT2D eigenvalue weighted by atomic mass is 10.1. The van der Waals surface area contributed by atoms with Gasteiger partial charge >= 0.3 is 0 Å². The molecule has 0 spiro atoms. The monoisotopic (exact) mass is 396 g/mol. The molecular weight excluding hydrogens is 372 g/mol. The summed E-state index contributed by atoms with van der Waals surface area (Å²) < 4.78 is 1.45. The van der Waals surface area contributed by atoms with Gasteiger partial charge in [0.1, 0.15) is 4.83 Å². The Kier molecular flexibility index (Phi) is 5.28. The Morgan fingerprint density at radius 1 is 1.25 bits per heavy atom. The molecule has 0 aliphatic carbocycles. The van der Waals surface area contributed by atoms with Gasteiger partial charge in [-0.1, -0.05) is 30.3 Å². The van der Waals surface area contributed by atoms with E-state index in [4.69, 9.17) is 0 Å². The fourth-order valence-corrected chi connectivity index (χ4v) is 4.83. The zero-order valence-electron chi connectivity index (χ0n) is 16.1. The highest BCUT2D eigenvalue weighted by atomic mass is 32.1. The number of hydrogen-bond donors (Lipinski definition) is 1. The minimum absolute atomic E-state index is 0.0906. The van der Waals surface area contributed by atoms with E-state index in [0.717, 1.165) is 25.2 Å². The summed E-state index contributed by atoms with van der Waals surface area (Å²) in [6.45, 7) is 4.76. The van der Waals surface area contributed by atoms with Gasteiger partial charge in [-0.3, -0.25) is 9.59 Å². The van der Waals surface area contributed by atoms with Crippen LogP contribution in [0.5, 0.6) is 0 Å². The van der Waals surface area contributed by atoms with Crippen LogP contribution in [0.25, 0.3) is 10.2 Å². The molecule has 3 aromatic rings. The van der Waals surface area contributed by atoms with Crippen LogP contribution in [0, 0.1) is 6.92 Å². The van der Waals surface area contributed by atoms with E-state index in [1.165, 1.54) is 35.1 Å². The average molecular weight is 397 g/mol. The van der Waals surface area contributed by atoms with E-state index in [1.807, 2.05) is 25.1 Å². The highest BCUT2D eigenvalue weighted by Gasteiger charge is 2.24. The van der Waals surface area contributed by atoms with E-state index in [9.17, 15) is 9.59 Å². The lowest BCUT2D eigenvalue weighted by molar-refractivity contribution is 0.0931. The molecule has 0 saturated carbocycles. The fraction of sp³-hybridized carbons (Fsp3) is 0.381. The van der Waals surface area contributed by atoms with Gasteiger partial charge in [0.05, 0.1) is 22.6 Å². The molecule has 28 heavy (non-hydrogen) atoms. The first kappa shape index (κ1) is 18.8. The molecule has 2 aromatic heterocycles. The van der Waals surface area contributed by atoms with Crippen molar-refractivity contribution in [1.29, 1.82) is 0 Å². The number of thiophene rings is 1. The number of rotatable bonds is 5. The minimum atomic E-state index is -0.143. The number of aryl methyl sites for hydroxylation is 2. The van der Waals surface area contributed by atoms with Gasteiger partial charge in [-0.25, -0.2) is 4.98 Å². The highest BCUT2D eigenvalue weighted by molar-refractivity contribution is 7.20. The number of hydrogen-bond acceptors (Lipinski definition) is 5. The summed E-state index contributed by atoms with van der Waals surface area (Å²) in [5.41, 5.74) is 1.68. The van der Waals surface area contributed by atoms with Crippen LogP contribution in [-0.2, 0) is 7.05 Å². The summed E-state index contributed by atoms with van der Waals surface area (Å²) in [5.74, 6) is -0.143. The second kappa shape index (κ2) is 7.85. The smallest absolute Gasteiger partial charge is 0.262 e. The normalized spacial score (nSPS) is 15.8. The van der Waals surface area contributed by atoms with Crippen molar-refractivity contribution < 1.29 is 4.79 Å². The van der Waals surface area contributed by atoms with Crippen molar-refractivity contribution in [3.05, 3.63) is 63.0 Å². The molecular formula is C21H24N4O2S. The number of carbonyl (C=O) groups is 1. The van der Waals surface area contributed by atoms with Gasteiger partial charge in [-0.15, -0.1) is 11.3 Å². The van der Waals surface area contributed by atoms with Crippen molar-refractivity contribution in [3.8, 4) is 0 Å². The largest absolute Gasteiger partial charge is 0.343 e. The molecule has 1 unspecified atom stereocenters. The molecule has 1 amide bonds. The lowest BCUT2D eigenvalue weighted by Crippen LogP contribution is -2.37. The average Bonchev–Trinajstić information content (AvgIpc) is 3.33. The van der Waals surface area contributed by atoms with Gasteiger partial charge in [0.15, 0.2) is 0 Å². The van der Waals surface area contributed by atoms with Crippen LogP contribution in [0.1, 0.15) is 39.7 Å². The Bertz CT molecular complexity index is 1050. The molecule has 0 radical (unpaired) electrons. The van der Waals surface area contributed by atoms with Gasteiger partial charge in [0.2, 0.25) is 0 Å². The van der Waals surface area contributed by atoms with Crippen molar-refractivity contribution in [3.63, 3.8) is 0 Å². The molecule has 6 nitrogen and oxygen atoms in total. The van der Waals surface area contributed by atoms with E-state index >= 15 is 0 Å². The van der Waals surface area contributed by atoms with E-state index in [2.05, 4.69) is 27.3 Å². The molecule has 1 aromatic carbocycles. The zero-order valence-corrected chi connectivity index (χ0v) is 17.0. The van der Waals surface area contributed by atoms with Gasteiger partial charge < -0.3 is 14.8 Å². The first-order valence-corrected chi connectivity index (χ1v) is 10.4. The number of nitrogens with zero attached hydrogens (tertiary/aromatic N) is 3. The maximum atomic E-state index is 13.1. The number of carbonyl (C=O) groups excluding carboxylic acids is 1. The molecule has 1 saturated heterocycles. The first-order chi connectivity index (χ1) is 13.5. The molecule has 3 heterocycles. The Balaban J connectivity index is 1.64. The zero-order chi connectivity index (χ0) is 19.7. The number of aromatic nitrogens is 2. The van der Waals surface area contributed by atoms with Crippen molar-refractivity contribution in [2.45, 2.75) is 25.8 Å². The van der Waals surface area contributed by atoms with E-state index in [0.29, 0.717) is 20.7 Å². The minimum Gasteiger partial charge on any atom is -0.343 e. The summed E-state index contributed by atoms with van der Waals surface area (Å²) in [6.07, 6.45) is 3.92. The number of amides is 1. The standard InChI is InChI=1S/C21H24N4O2S/c1-14-17-20(22-13-24(2)21(17)27)28-18(14)19(26)23-16(12-25-10-6-7-11-25)15-8-4-3-5-9-15/h3-5,8-9,13,16H,6-7,10-12H2,1-2H3,(H,23,26). The van der Waals surface area contributed by atoms with E-state index in [-0.39, 0.29) is 17.5 Å². The van der Waals surface area contributed by atoms with Gasteiger partial charge in [0.25, 0.3) is 11.5 Å². The predicted octanol–water partition coefficient (Wildman–Crippen LogP) is 2.87. The maximum absolute atomic E-state index is 13.1. The highest BCUT2D eigenvalue weighted by Crippen LogP contribution is 2.27. The topological polar surface area (TPSA) is 67.2 Å². The Labute approximate surface area is 167 Å². The summed E-state index contributed by atoms with van der Waals surface area (Å²) in [6, 6.07) is 9.99. The van der Waals surface area contributed by atoms with Crippen LogP contribution in [0.2, 0.25) is 0 Å². The Morgan fingerprint density at radius 2 is 1.96 bits per heavy atom. The maximum Gasteiger partial charge on any atom is 0.262 e. The second-order valence-electron chi connectivity index (χ2n) is 7.34. The van der Waals surface area contributed by atoms with Crippen molar-refractivity contribution in [2.75, 3.05) is 19.6 Å². The molecule has 0 bridgehead atoms. The third kappa shape index (κ3) is 3.59. The SMILES string of the molecule is Cc1c(C(=O)NC(CN2CCCC2)c2ccccc2)sc2ncn(C)c(=O)c12. The van der Waals surface area contributed by atoms with Crippen molar-refractivity contribution in [1.82, 2.24) is 19.8 Å². The number of fused-ring (bicyclic) bond motifs is 1. The molecule has 4 rings (SSSR count). The van der Waals surface area contributed by atoms with E-state index in [1.54, 1.807) is 7.05 Å². The number of nitrogens with one attached hydrogen (secondary N) is 1. The molecule has 1 aliphatic heterocycles. The summed E-state index contributed by atoms with van der Waals surface area (Å²) in [4.78, 5) is 33.5. The van der Waals surface area contributed by atoms with Crippen molar-refractivity contribution >= 4 is 27.5 Å². The van der Waals surface area contributed by atoms with Crippen LogP contribution in [0.4, 0.5) is 0 Å². The quantitative estimate of drug-likeness (QED) is 0.720. The fourth-order valence-electron chi connectivity index (χ4n) is 3.79. The van der Waals surface area contributed by atoms with Crippen LogP contribution in [0.15, 0.2) is 41.5 Å². The van der Waals surface area contributed by atoms with Crippen LogP contribution < -0.4 is 10.9 Å². The molecule has 1 aliphatic rings. The molecule has 1 N–H and O–H groups in total. The van der Waals surface area contributed by atoms with Gasteiger partial charge in [-0.2, -0.15) is 0 Å². The number of likely N-dealkylation sites (tertiary alicyclic amines) is 1. The molecule has 146 valence electrons. The van der Waals surface area contributed by atoms with Gasteiger partial charge in [0, 0.05) is 13.6 Å².